The van der Waals surface area contributed by atoms with E-state index in [0.717, 1.165) is 18.3 Å². The van der Waals surface area contributed by atoms with E-state index in [2.05, 4.69) is 34.6 Å². The third kappa shape index (κ3) is 3.48. The summed E-state index contributed by atoms with van der Waals surface area (Å²) >= 11 is 0. The minimum Gasteiger partial charge on any atom is -0.393 e. The molecule has 0 saturated heterocycles. The Morgan fingerprint density at radius 1 is 1.31 bits per heavy atom. The molecular formula is C15H30O. The molecule has 1 N–H and O–H groups in total. The number of rotatable bonds is 4. The van der Waals surface area contributed by atoms with Crippen LogP contribution in [0.3, 0.4) is 0 Å². The fourth-order valence-corrected chi connectivity index (χ4v) is 3.40. The van der Waals surface area contributed by atoms with Gasteiger partial charge in [0.05, 0.1) is 6.10 Å². The van der Waals surface area contributed by atoms with Crippen LogP contribution in [-0.2, 0) is 0 Å². The van der Waals surface area contributed by atoms with Crippen molar-refractivity contribution in [3.8, 4) is 0 Å². The maximum atomic E-state index is 9.91. The molecule has 16 heavy (non-hydrogen) atoms. The average Bonchev–Trinajstić information content (AvgIpc) is 2.15. The molecule has 96 valence electrons. The van der Waals surface area contributed by atoms with Gasteiger partial charge >= 0.3 is 0 Å². The van der Waals surface area contributed by atoms with Crippen LogP contribution in [0.2, 0.25) is 0 Å². The summed E-state index contributed by atoms with van der Waals surface area (Å²) in [7, 11) is 0. The van der Waals surface area contributed by atoms with Crippen molar-refractivity contribution in [2.45, 2.75) is 72.8 Å². The Kier molecular flexibility index (Phi) is 4.85. The van der Waals surface area contributed by atoms with E-state index < -0.39 is 0 Å². The molecule has 1 heteroatoms. The second-order valence-corrected chi connectivity index (χ2v) is 6.85. The highest BCUT2D eigenvalue weighted by atomic mass is 16.3. The molecule has 0 amide bonds. The molecule has 1 rings (SSSR count). The number of aliphatic hydroxyl groups excluding tert-OH is 1. The first-order valence-electron chi connectivity index (χ1n) is 7.02. The largest absolute Gasteiger partial charge is 0.393 e. The second-order valence-electron chi connectivity index (χ2n) is 6.85. The molecular weight excluding hydrogens is 196 g/mol. The van der Waals surface area contributed by atoms with Crippen molar-refractivity contribution in [2.24, 2.45) is 23.2 Å². The first-order chi connectivity index (χ1) is 7.34. The van der Waals surface area contributed by atoms with Gasteiger partial charge in [-0.1, -0.05) is 47.5 Å². The first kappa shape index (κ1) is 14.0. The van der Waals surface area contributed by atoms with E-state index in [1.165, 1.54) is 25.7 Å². The SMILES string of the molecule is CC(C)C(O)CCC1C(C)CCCC1(C)C. The Bertz CT molecular complexity index is 207. The smallest absolute Gasteiger partial charge is 0.0563 e. The molecule has 1 aliphatic rings. The molecule has 3 atom stereocenters. The molecule has 0 bridgehead atoms. The standard InChI is InChI=1S/C15H30O/c1-11(2)14(16)9-8-13-12(3)7-6-10-15(13,4)5/h11-14,16H,6-10H2,1-5H3. The van der Waals surface area contributed by atoms with Crippen molar-refractivity contribution in [1.82, 2.24) is 0 Å². The predicted molar refractivity (Wildman–Crippen MR) is 70.4 cm³/mol. The fourth-order valence-electron chi connectivity index (χ4n) is 3.40. The zero-order valence-electron chi connectivity index (χ0n) is 11.8. The first-order valence-corrected chi connectivity index (χ1v) is 7.02. The van der Waals surface area contributed by atoms with Crippen LogP contribution in [0.4, 0.5) is 0 Å². The third-order valence-corrected chi connectivity index (χ3v) is 4.71. The molecule has 0 spiro atoms. The van der Waals surface area contributed by atoms with E-state index in [-0.39, 0.29) is 6.10 Å². The van der Waals surface area contributed by atoms with Crippen LogP contribution < -0.4 is 0 Å². The van der Waals surface area contributed by atoms with Gasteiger partial charge in [-0.3, -0.25) is 0 Å². The van der Waals surface area contributed by atoms with Crippen molar-refractivity contribution < 1.29 is 5.11 Å². The van der Waals surface area contributed by atoms with Gasteiger partial charge < -0.3 is 5.11 Å². The van der Waals surface area contributed by atoms with Crippen molar-refractivity contribution in [1.29, 1.82) is 0 Å². The van der Waals surface area contributed by atoms with Gasteiger partial charge in [0, 0.05) is 0 Å². The molecule has 1 fully saturated rings. The normalized spacial score (nSPS) is 31.7. The Balaban J connectivity index is 2.49. The number of hydrogen-bond donors (Lipinski definition) is 1. The highest BCUT2D eigenvalue weighted by Crippen LogP contribution is 2.46. The molecule has 1 nitrogen and oxygen atoms in total. The average molecular weight is 226 g/mol. The van der Waals surface area contributed by atoms with Crippen molar-refractivity contribution in [3.05, 3.63) is 0 Å². The van der Waals surface area contributed by atoms with Crippen LogP contribution in [0.1, 0.15) is 66.7 Å². The molecule has 0 heterocycles. The predicted octanol–water partition coefficient (Wildman–Crippen LogP) is 4.25. The molecule has 3 unspecified atom stereocenters. The van der Waals surface area contributed by atoms with Gasteiger partial charge in [0.15, 0.2) is 0 Å². The Morgan fingerprint density at radius 2 is 1.94 bits per heavy atom. The molecule has 0 aliphatic heterocycles. The number of aliphatic hydroxyl groups is 1. The maximum absolute atomic E-state index is 9.91. The van der Waals surface area contributed by atoms with Crippen LogP contribution in [0.15, 0.2) is 0 Å². The van der Waals surface area contributed by atoms with Gasteiger partial charge in [-0.05, 0) is 42.4 Å². The van der Waals surface area contributed by atoms with Gasteiger partial charge in [-0.25, -0.2) is 0 Å². The van der Waals surface area contributed by atoms with E-state index in [1.807, 2.05) is 0 Å². The maximum Gasteiger partial charge on any atom is 0.0563 e. The van der Waals surface area contributed by atoms with E-state index in [4.69, 9.17) is 0 Å². The summed E-state index contributed by atoms with van der Waals surface area (Å²) in [6.45, 7) is 11.4. The lowest BCUT2D eigenvalue weighted by Crippen LogP contribution is -2.34. The summed E-state index contributed by atoms with van der Waals surface area (Å²) in [5, 5.41) is 9.91. The second kappa shape index (κ2) is 5.53. The molecule has 0 radical (unpaired) electrons. The van der Waals surface area contributed by atoms with Gasteiger partial charge in [0.1, 0.15) is 0 Å². The van der Waals surface area contributed by atoms with Gasteiger partial charge in [0.25, 0.3) is 0 Å². The summed E-state index contributed by atoms with van der Waals surface area (Å²) in [6, 6.07) is 0. The van der Waals surface area contributed by atoms with Crippen molar-refractivity contribution >= 4 is 0 Å². The summed E-state index contributed by atoms with van der Waals surface area (Å²) in [5.74, 6) is 2.04. The van der Waals surface area contributed by atoms with Crippen LogP contribution in [-0.4, -0.2) is 11.2 Å². The Hall–Kier alpha value is -0.0400. The topological polar surface area (TPSA) is 20.2 Å². The summed E-state index contributed by atoms with van der Waals surface area (Å²) in [5.41, 5.74) is 0.481. The van der Waals surface area contributed by atoms with Crippen LogP contribution in [0.5, 0.6) is 0 Å². The molecule has 0 aromatic carbocycles. The zero-order chi connectivity index (χ0) is 12.3. The summed E-state index contributed by atoms with van der Waals surface area (Å²) < 4.78 is 0. The minimum atomic E-state index is -0.107. The summed E-state index contributed by atoms with van der Waals surface area (Å²) in [6.07, 6.45) is 6.21. The van der Waals surface area contributed by atoms with E-state index in [9.17, 15) is 5.11 Å². The summed E-state index contributed by atoms with van der Waals surface area (Å²) in [4.78, 5) is 0. The number of hydrogen-bond acceptors (Lipinski definition) is 1. The molecule has 1 saturated carbocycles. The highest BCUT2D eigenvalue weighted by molar-refractivity contribution is 4.86. The molecule has 0 aromatic rings. The van der Waals surface area contributed by atoms with Crippen molar-refractivity contribution in [2.75, 3.05) is 0 Å². The fraction of sp³-hybridized carbons (Fsp3) is 1.00. The van der Waals surface area contributed by atoms with E-state index in [0.29, 0.717) is 11.3 Å². The molecule has 0 aromatic heterocycles. The van der Waals surface area contributed by atoms with Crippen molar-refractivity contribution in [3.63, 3.8) is 0 Å². The lowest BCUT2D eigenvalue weighted by Gasteiger charge is -2.43. The van der Waals surface area contributed by atoms with Gasteiger partial charge in [-0.2, -0.15) is 0 Å². The third-order valence-electron chi connectivity index (χ3n) is 4.71. The van der Waals surface area contributed by atoms with Crippen LogP contribution in [0.25, 0.3) is 0 Å². The van der Waals surface area contributed by atoms with Gasteiger partial charge in [0.2, 0.25) is 0 Å². The minimum absolute atomic E-state index is 0.107. The lowest BCUT2D eigenvalue weighted by atomic mass is 9.62. The Morgan fingerprint density at radius 3 is 2.44 bits per heavy atom. The quantitative estimate of drug-likeness (QED) is 0.760. The van der Waals surface area contributed by atoms with Crippen LogP contribution >= 0.6 is 0 Å². The molecule has 1 aliphatic carbocycles. The Labute approximate surface area is 102 Å². The van der Waals surface area contributed by atoms with Gasteiger partial charge in [-0.15, -0.1) is 0 Å². The van der Waals surface area contributed by atoms with Crippen LogP contribution in [0, 0.1) is 23.2 Å². The monoisotopic (exact) mass is 226 g/mol. The highest BCUT2D eigenvalue weighted by Gasteiger charge is 2.36. The lowest BCUT2D eigenvalue weighted by molar-refractivity contribution is 0.0472. The van der Waals surface area contributed by atoms with E-state index >= 15 is 0 Å². The van der Waals surface area contributed by atoms with E-state index in [1.54, 1.807) is 0 Å². The zero-order valence-corrected chi connectivity index (χ0v) is 11.8.